The van der Waals surface area contributed by atoms with Gasteiger partial charge in [-0.3, -0.25) is 20.2 Å². The highest BCUT2D eigenvalue weighted by Crippen LogP contribution is 2.31. The van der Waals surface area contributed by atoms with E-state index in [1.165, 1.54) is 6.07 Å². The average molecular weight is 297 g/mol. The molecule has 21 heavy (non-hydrogen) atoms. The normalized spacial score (nSPS) is 9.71. The predicted octanol–water partition coefficient (Wildman–Crippen LogP) is 0.257. The molecule has 0 heterocycles. The Bertz CT molecular complexity index is 567. The number of amides is 3. The number of nitro benzene ring substituents is 1. The van der Waals surface area contributed by atoms with Crippen molar-refractivity contribution >= 4 is 23.6 Å². The van der Waals surface area contributed by atoms with Crippen molar-refractivity contribution in [2.75, 3.05) is 6.61 Å². The summed E-state index contributed by atoms with van der Waals surface area (Å²) in [6.07, 6.45) is -0.325. The van der Waals surface area contributed by atoms with Crippen molar-refractivity contribution in [1.82, 2.24) is 5.32 Å². The second kappa shape index (κ2) is 6.84. The Balaban J connectivity index is 2.86. The highest BCUT2D eigenvalue weighted by Gasteiger charge is 2.23. The van der Waals surface area contributed by atoms with E-state index in [0.717, 1.165) is 12.1 Å². The number of para-hydroxylation sites is 1. The van der Waals surface area contributed by atoms with Gasteiger partial charge in [0.15, 0.2) is 0 Å². The zero-order valence-electron chi connectivity index (χ0n) is 10.6. The van der Waals surface area contributed by atoms with Crippen molar-refractivity contribution in [3.63, 3.8) is 0 Å². The van der Waals surface area contributed by atoms with E-state index in [0.29, 0.717) is 0 Å². The van der Waals surface area contributed by atoms with Crippen molar-refractivity contribution in [3.05, 3.63) is 33.9 Å². The molecule has 0 aromatic heterocycles. The van der Waals surface area contributed by atoms with Gasteiger partial charge in [0, 0.05) is 6.07 Å². The fraction of sp³-hybridized carbons (Fsp3) is 0.182. The number of aromatic carboxylic acids is 1. The van der Waals surface area contributed by atoms with Crippen LogP contribution in [0.5, 0.6) is 5.75 Å². The number of hydrogen-bond acceptors (Lipinski definition) is 6. The van der Waals surface area contributed by atoms with E-state index in [4.69, 9.17) is 15.6 Å². The first-order valence-electron chi connectivity index (χ1n) is 5.55. The lowest BCUT2D eigenvalue weighted by atomic mass is 10.1. The Kier molecular flexibility index (Phi) is 5.17. The smallest absolute Gasteiger partial charge is 0.339 e. The van der Waals surface area contributed by atoms with E-state index in [1.54, 1.807) is 5.32 Å². The molecule has 0 fully saturated rings. The number of carbonyl (C=O) groups is 3. The molecule has 1 aromatic carbocycles. The van der Waals surface area contributed by atoms with Gasteiger partial charge in [-0.2, -0.15) is 0 Å². The van der Waals surface area contributed by atoms with Crippen LogP contribution in [0.15, 0.2) is 18.2 Å². The third kappa shape index (κ3) is 4.45. The SMILES string of the molecule is NC(=O)NC(=O)CCOc1c(C(=O)O)cccc1[N+](=O)[O-]. The van der Waals surface area contributed by atoms with Gasteiger partial charge >= 0.3 is 17.7 Å². The Hall–Kier alpha value is -3.17. The number of nitrogens with two attached hydrogens (primary N) is 1. The number of carbonyl (C=O) groups excluding carboxylic acids is 2. The summed E-state index contributed by atoms with van der Waals surface area (Å²) in [7, 11) is 0. The number of carboxylic acid groups (broad SMARTS) is 1. The predicted molar refractivity (Wildman–Crippen MR) is 67.9 cm³/mol. The maximum Gasteiger partial charge on any atom is 0.339 e. The quantitative estimate of drug-likeness (QED) is 0.500. The van der Waals surface area contributed by atoms with E-state index < -0.39 is 39.8 Å². The summed E-state index contributed by atoms with van der Waals surface area (Å²) >= 11 is 0. The van der Waals surface area contributed by atoms with Gasteiger partial charge in [0.1, 0.15) is 5.56 Å². The van der Waals surface area contributed by atoms with Crippen molar-refractivity contribution in [2.45, 2.75) is 6.42 Å². The second-order valence-electron chi connectivity index (χ2n) is 3.73. The number of nitrogens with one attached hydrogen (secondary N) is 1. The molecule has 112 valence electrons. The lowest BCUT2D eigenvalue weighted by molar-refractivity contribution is -0.385. The minimum absolute atomic E-state index is 0.325. The first-order chi connectivity index (χ1) is 9.82. The van der Waals surface area contributed by atoms with Crippen molar-refractivity contribution < 1.29 is 29.2 Å². The van der Waals surface area contributed by atoms with E-state index in [9.17, 15) is 24.5 Å². The van der Waals surface area contributed by atoms with Crippen molar-refractivity contribution in [1.29, 1.82) is 0 Å². The molecule has 0 saturated carbocycles. The number of primary amides is 1. The first-order valence-corrected chi connectivity index (χ1v) is 5.55. The zero-order chi connectivity index (χ0) is 16.0. The van der Waals surface area contributed by atoms with Crippen LogP contribution in [0.2, 0.25) is 0 Å². The van der Waals surface area contributed by atoms with Gasteiger partial charge in [0.05, 0.1) is 18.0 Å². The summed E-state index contributed by atoms with van der Waals surface area (Å²) in [4.78, 5) is 42.6. The van der Waals surface area contributed by atoms with E-state index in [1.807, 2.05) is 0 Å². The molecule has 4 N–H and O–H groups in total. The number of rotatable bonds is 6. The minimum atomic E-state index is -1.41. The molecule has 0 radical (unpaired) electrons. The van der Waals surface area contributed by atoms with Crippen LogP contribution >= 0.6 is 0 Å². The number of hydrogen-bond donors (Lipinski definition) is 3. The molecule has 0 aliphatic carbocycles. The molecule has 0 unspecified atom stereocenters. The van der Waals surface area contributed by atoms with Crippen LogP contribution in [0.25, 0.3) is 0 Å². The van der Waals surface area contributed by atoms with Crippen LogP contribution in [0.4, 0.5) is 10.5 Å². The van der Waals surface area contributed by atoms with Gasteiger partial charge in [-0.15, -0.1) is 0 Å². The largest absolute Gasteiger partial charge is 0.486 e. The summed E-state index contributed by atoms with van der Waals surface area (Å²) in [5.41, 5.74) is 3.79. The molecule has 0 aliphatic rings. The van der Waals surface area contributed by atoms with Crippen molar-refractivity contribution in [3.8, 4) is 5.75 Å². The molecule has 0 bridgehead atoms. The van der Waals surface area contributed by atoms with Gasteiger partial charge in [0.2, 0.25) is 11.7 Å². The number of nitro groups is 1. The monoisotopic (exact) mass is 297 g/mol. The molecule has 0 saturated heterocycles. The molecule has 10 nitrogen and oxygen atoms in total. The molecule has 10 heteroatoms. The number of carboxylic acids is 1. The molecular weight excluding hydrogens is 286 g/mol. The van der Waals surface area contributed by atoms with Gasteiger partial charge in [-0.1, -0.05) is 6.07 Å². The average Bonchev–Trinajstić information content (AvgIpc) is 2.37. The highest BCUT2D eigenvalue weighted by molar-refractivity contribution is 5.94. The topological polar surface area (TPSA) is 162 Å². The number of ether oxygens (including phenoxy) is 1. The molecule has 1 rings (SSSR count). The Morgan fingerprint density at radius 2 is 2.05 bits per heavy atom. The first kappa shape index (κ1) is 15.9. The fourth-order valence-electron chi connectivity index (χ4n) is 1.43. The van der Waals surface area contributed by atoms with Gasteiger partial charge < -0.3 is 15.6 Å². The van der Waals surface area contributed by atoms with Crippen LogP contribution in [0.3, 0.4) is 0 Å². The van der Waals surface area contributed by atoms with Crippen LogP contribution in [-0.2, 0) is 4.79 Å². The second-order valence-corrected chi connectivity index (χ2v) is 3.73. The summed E-state index contributed by atoms with van der Waals surface area (Å²) in [5, 5.41) is 21.6. The standard InChI is InChI=1S/C11H11N3O7/c12-11(18)13-8(15)4-5-21-9-6(10(16)17)2-1-3-7(9)14(19)20/h1-3H,4-5H2,(H,16,17)(H3,12,13,15,18). The molecular formula is C11H11N3O7. The summed E-state index contributed by atoms with van der Waals surface area (Å²) < 4.78 is 5.01. The van der Waals surface area contributed by atoms with E-state index >= 15 is 0 Å². The maximum atomic E-state index is 11.1. The van der Waals surface area contributed by atoms with E-state index in [-0.39, 0.29) is 13.0 Å². The Labute approximate surface area is 117 Å². The third-order valence-electron chi connectivity index (χ3n) is 2.26. The number of imide groups is 1. The van der Waals surface area contributed by atoms with Crippen LogP contribution in [-0.4, -0.2) is 34.5 Å². The number of benzene rings is 1. The lowest BCUT2D eigenvalue weighted by Crippen LogP contribution is -2.35. The fourth-order valence-corrected chi connectivity index (χ4v) is 1.43. The highest BCUT2D eigenvalue weighted by atomic mass is 16.6. The summed E-state index contributed by atoms with van der Waals surface area (Å²) in [6, 6.07) is 2.37. The molecule has 0 aliphatic heterocycles. The molecule has 3 amide bonds. The summed E-state index contributed by atoms with van der Waals surface area (Å²) in [5.74, 6) is -2.62. The Morgan fingerprint density at radius 3 is 2.57 bits per heavy atom. The number of urea groups is 1. The van der Waals surface area contributed by atoms with Gasteiger partial charge in [-0.05, 0) is 6.07 Å². The maximum absolute atomic E-state index is 11.1. The zero-order valence-corrected chi connectivity index (χ0v) is 10.6. The van der Waals surface area contributed by atoms with Gasteiger partial charge in [0.25, 0.3) is 0 Å². The summed E-state index contributed by atoms with van der Waals surface area (Å²) in [6.45, 7) is -0.357. The van der Waals surface area contributed by atoms with Crippen LogP contribution in [0, 0.1) is 10.1 Å². The van der Waals surface area contributed by atoms with E-state index in [2.05, 4.69) is 0 Å². The van der Waals surface area contributed by atoms with Crippen LogP contribution < -0.4 is 15.8 Å². The Morgan fingerprint density at radius 1 is 1.38 bits per heavy atom. The number of nitrogens with zero attached hydrogens (tertiary/aromatic N) is 1. The molecule has 0 spiro atoms. The third-order valence-corrected chi connectivity index (χ3v) is 2.26. The van der Waals surface area contributed by atoms with Crippen LogP contribution in [0.1, 0.15) is 16.8 Å². The molecule has 1 aromatic rings. The minimum Gasteiger partial charge on any atom is -0.486 e. The molecule has 0 atom stereocenters. The van der Waals surface area contributed by atoms with Gasteiger partial charge in [-0.25, -0.2) is 9.59 Å². The lowest BCUT2D eigenvalue weighted by Gasteiger charge is -2.09. The van der Waals surface area contributed by atoms with Crippen molar-refractivity contribution in [2.24, 2.45) is 5.73 Å².